The lowest BCUT2D eigenvalue weighted by molar-refractivity contribution is 0.0943. The van der Waals surface area contributed by atoms with Gasteiger partial charge in [-0.3, -0.25) is 4.90 Å². The fourth-order valence-electron chi connectivity index (χ4n) is 4.06. The zero-order chi connectivity index (χ0) is 17.1. The molecule has 2 heterocycles. The van der Waals surface area contributed by atoms with Crippen molar-refractivity contribution < 1.29 is 14.3 Å². The number of ether oxygens (including phenoxy) is 2. The number of anilines is 1. The number of hydrogen-bond acceptors (Lipinski definition) is 4. The third-order valence-corrected chi connectivity index (χ3v) is 5.49. The Morgan fingerprint density at radius 2 is 1.68 bits per heavy atom. The van der Waals surface area contributed by atoms with E-state index in [-0.39, 0.29) is 6.03 Å². The minimum Gasteiger partial charge on any atom is -0.486 e. The Morgan fingerprint density at radius 3 is 2.44 bits per heavy atom. The van der Waals surface area contributed by atoms with Crippen LogP contribution < -0.4 is 14.8 Å². The van der Waals surface area contributed by atoms with Crippen molar-refractivity contribution in [2.24, 2.45) is 0 Å². The van der Waals surface area contributed by atoms with Gasteiger partial charge in [0.1, 0.15) is 13.2 Å². The van der Waals surface area contributed by atoms with E-state index < -0.39 is 0 Å². The van der Waals surface area contributed by atoms with Gasteiger partial charge >= 0.3 is 6.03 Å². The fourth-order valence-corrected chi connectivity index (χ4v) is 4.06. The molecular formula is C19H27N3O3. The molecule has 6 heteroatoms. The highest BCUT2D eigenvalue weighted by Crippen LogP contribution is 2.32. The molecule has 0 radical (unpaired) electrons. The number of carbonyl (C=O) groups is 1. The van der Waals surface area contributed by atoms with E-state index in [0.29, 0.717) is 19.0 Å². The van der Waals surface area contributed by atoms with Crippen LogP contribution in [0.5, 0.6) is 11.5 Å². The molecule has 1 N–H and O–H groups in total. The Balaban J connectivity index is 1.30. The molecule has 25 heavy (non-hydrogen) atoms. The van der Waals surface area contributed by atoms with Crippen LogP contribution in [0.4, 0.5) is 10.5 Å². The first-order valence-corrected chi connectivity index (χ1v) is 9.49. The lowest BCUT2D eigenvalue weighted by Gasteiger charge is -2.40. The van der Waals surface area contributed by atoms with E-state index in [1.165, 1.54) is 32.1 Å². The van der Waals surface area contributed by atoms with Gasteiger partial charge in [0.2, 0.25) is 0 Å². The van der Waals surface area contributed by atoms with Crippen molar-refractivity contribution in [3.05, 3.63) is 18.2 Å². The van der Waals surface area contributed by atoms with Crippen LogP contribution in [-0.4, -0.2) is 61.3 Å². The molecule has 1 aromatic carbocycles. The second-order valence-electron chi connectivity index (χ2n) is 7.10. The van der Waals surface area contributed by atoms with Crippen molar-refractivity contribution in [1.82, 2.24) is 9.80 Å². The van der Waals surface area contributed by atoms with E-state index in [4.69, 9.17) is 9.47 Å². The third kappa shape index (κ3) is 3.84. The van der Waals surface area contributed by atoms with Gasteiger partial charge in [0, 0.05) is 44.0 Å². The zero-order valence-corrected chi connectivity index (χ0v) is 14.7. The summed E-state index contributed by atoms with van der Waals surface area (Å²) in [7, 11) is 0. The molecule has 0 aromatic heterocycles. The zero-order valence-electron chi connectivity index (χ0n) is 14.7. The summed E-state index contributed by atoms with van der Waals surface area (Å²) < 4.78 is 11.1. The van der Waals surface area contributed by atoms with Gasteiger partial charge in [0.15, 0.2) is 11.5 Å². The average Bonchev–Trinajstić information content (AvgIpc) is 2.69. The van der Waals surface area contributed by atoms with Crippen LogP contribution in [0.15, 0.2) is 18.2 Å². The summed E-state index contributed by atoms with van der Waals surface area (Å²) in [5.74, 6) is 1.44. The Labute approximate surface area is 149 Å². The van der Waals surface area contributed by atoms with Gasteiger partial charge in [0.25, 0.3) is 0 Å². The van der Waals surface area contributed by atoms with Gasteiger partial charge in [-0.25, -0.2) is 4.79 Å². The maximum Gasteiger partial charge on any atom is 0.321 e. The molecular weight excluding hydrogens is 318 g/mol. The van der Waals surface area contributed by atoms with Gasteiger partial charge in [-0.15, -0.1) is 0 Å². The smallest absolute Gasteiger partial charge is 0.321 e. The summed E-state index contributed by atoms with van der Waals surface area (Å²) in [6.45, 7) is 4.69. The minimum atomic E-state index is -0.0278. The number of hydrogen-bond donors (Lipinski definition) is 1. The molecule has 2 aliphatic heterocycles. The minimum absolute atomic E-state index is 0.0278. The monoisotopic (exact) mass is 345 g/mol. The maximum atomic E-state index is 12.5. The van der Waals surface area contributed by atoms with Gasteiger partial charge in [-0.05, 0) is 25.0 Å². The molecule has 1 aromatic rings. The van der Waals surface area contributed by atoms with Crippen LogP contribution in [-0.2, 0) is 0 Å². The molecule has 0 unspecified atom stereocenters. The van der Waals surface area contributed by atoms with Crippen molar-refractivity contribution in [1.29, 1.82) is 0 Å². The SMILES string of the molecule is O=C(Nc1ccc2c(c1)OCCO2)N1CCN(C2CCCCC2)CC1. The van der Waals surface area contributed by atoms with Gasteiger partial charge in [-0.1, -0.05) is 19.3 Å². The maximum absolute atomic E-state index is 12.5. The fraction of sp³-hybridized carbons (Fsp3) is 0.632. The molecule has 2 amide bonds. The van der Waals surface area contributed by atoms with Crippen LogP contribution >= 0.6 is 0 Å². The first kappa shape index (κ1) is 16.5. The molecule has 2 fully saturated rings. The van der Waals surface area contributed by atoms with Crippen LogP contribution in [0.1, 0.15) is 32.1 Å². The van der Waals surface area contributed by atoms with Gasteiger partial charge < -0.3 is 19.7 Å². The van der Waals surface area contributed by atoms with E-state index >= 15 is 0 Å². The largest absolute Gasteiger partial charge is 0.486 e. The number of fused-ring (bicyclic) bond motifs is 1. The number of amides is 2. The molecule has 1 saturated heterocycles. The number of benzene rings is 1. The quantitative estimate of drug-likeness (QED) is 0.895. The van der Waals surface area contributed by atoms with E-state index in [1.807, 2.05) is 23.1 Å². The highest BCUT2D eigenvalue weighted by molar-refractivity contribution is 5.89. The van der Waals surface area contributed by atoms with E-state index in [9.17, 15) is 4.79 Å². The second-order valence-corrected chi connectivity index (χ2v) is 7.10. The Kier molecular flexibility index (Phi) is 4.97. The molecule has 3 aliphatic rings. The van der Waals surface area contributed by atoms with Crippen molar-refractivity contribution in [2.75, 3.05) is 44.7 Å². The van der Waals surface area contributed by atoms with Crippen molar-refractivity contribution >= 4 is 11.7 Å². The average molecular weight is 345 g/mol. The summed E-state index contributed by atoms with van der Waals surface area (Å²) in [6, 6.07) is 6.26. The number of urea groups is 1. The molecule has 0 spiro atoms. The Morgan fingerprint density at radius 1 is 0.960 bits per heavy atom. The lowest BCUT2D eigenvalue weighted by atomic mass is 9.94. The molecule has 136 valence electrons. The highest BCUT2D eigenvalue weighted by Gasteiger charge is 2.27. The van der Waals surface area contributed by atoms with Crippen LogP contribution in [0.3, 0.4) is 0 Å². The predicted molar refractivity (Wildman–Crippen MR) is 96.5 cm³/mol. The molecule has 1 aliphatic carbocycles. The van der Waals surface area contributed by atoms with Crippen LogP contribution in [0, 0.1) is 0 Å². The topological polar surface area (TPSA) is 54.0 Å². The Hall–Kier alpha value is -1.95. The Bertz CT molecular complexity index is 608. The van der Waals surface area contributed by atoms with E-state index in [0.717, 1.165) is 43.7 Å². The highest BCUT2D eigenvalue weighted by atomic mass is 16.6. The van der Waals surface area contributed by atoms with E-state index in [1.54, 1.807) is 0 Å². The van der Waals surface area contributed by atoms with Crippen molar-refractivity contribution in [3.63, 3.8) is 0 Å². The number of carbonyl (C=O) groups excluding carboxylic acids is 1. The molecule has 0 atom stereocenters. The third-order valence-electron chi connectivity index (χ3n) is 5.49. The van der Waals surface area contributed by atoms with Crippen LogP contribution in [0.25, 0.3) is 0 Å². The van der Waals surface area contributed by atoms with Crippen LogP contribution in [0.2, 0.25) is 0 Å². The molecule has 0 bridgehead atoms. The first-order valence-electron chi connectivity index (χ1n) is 9.49. The van der Waals surface area contributed by atoms with Gasteiger partial charge in [0.05, 0.1) is 0 Å². The summed E-state index contributed by atoms with van der Waals surface area (Å²) in [5, 5.41) is 2.99. The number of nitrogens with one attached hydrogen (secondary N) is 1. The second kappa shape index (κ2) is 7.52. The summed E-state index contributed by atoms with van der Waals surface area (Å²) in [4.78, 5) is 17.0. The number of nitrogens with zero attached hydrogens (tertiary/aromatic N) is 2. The van der Waals surface area contributed by atoms with Crippen molar-refractivity contribution in [2.45, 2.75) is 38.1 Å². The molecule has 1 saturated carbocycles. The molecule has 4 rings (SSSR count). The number of rotatable bonds is 2. The first-order chi connectivity index (χ1) is 12.3. The standard InChI is InChI=1S/C19H27N3O3/c23-19(20-15-6-7-17-18(14-15)25-13-12-24-17)22-10-8-21(9-11-22)16-4-2-1-3-5-16/h6-7,14,16H,1-5,8-13H2,(H,20,23). The number of piperazine rings is 1. The normalized spacial score (nSPS) is 21.8. The summed E-state index contributed by atoms with van der Waals surface area (Å²) >= 11 is 0. The van der Waals surface area contributed by atoms with Gasteiger partial charge in [-0.2, -0.15) is 0 Å². The van der Waals surface area contributed by atoms with E-state index in [2.05, 4.69) is 10.2 Å². The lowest BCUT2D eigenvalue weighted by Crippen LogP contribution is -2.53. The summed E-state index contributed by atoms with van der Waals surface area (Å²) in [6.07, 6.45) is 6.74. The predicted octanol–water partition coefficient (Wildman–Crippen LogP) is 2.94. The summed E-state index contributed by atoms with van der Waals surface area (Å²) in [5.41, 5.74) is 0.754. The van der Waals surface area contributed by atoms with Crippen molar-refractivity contribution in [3.8, 4) is 11.5 Å². The molecule has 6 nitrogen and oxygen atoms in total.